The first-order valence-electron chi connectivity index (χ1n) is 10.4. The zero-order valence-electron chi connectivity index (χ0n) is 18.1. The molecule has 0 radical (unpaired) electrons. The highest BCUT2D eigenvalue weighted by molar-refractivity contribution is 6.24. The molecule has 9 nitrogen and oxygen atoms in total. The Morgan fingerprint density at radius 3 is 2.31 bits per heavy atom. The van der Waals surface area contributed by atoms with Crippen LogP contribution in [0.2, 0.25) is 0 Å². The molecule has 0 aromatic heterocycles. The first-order valence-corrected chi connectivity index (χ1v) is 10.4. The van der Waals surface area contributed by atoms with E-state index in [4.69, 9.17) is 0 Å². The maximum atomic E-state index is 13.5. The van der Waals surface area contributed by atoms with Gasteiger partial charge in [-0.05, 0) is 48.9 Å². The van der Waals surface area contributed by atoms with Gasteiger partial charge in [0.25, 0.3) is 0 Å². The maximum absolute atomic E-state index is 13.5. The predicted molar refractivity (Wildman–Crippen MR) is 112 cm³/mol. The number of anilines is 1. The lowest BCUT2D eigenvalue weighted by Crippen LogP contribution is -2.58. The fourth-order valence-electron chi connectivity index (χ4n) is 4.70. The van der Waals surface area contributed by atoms with Gasteiger partial charge in [0.15, 0.2) is 11.3 Å². The molecule has 2 aliphatic heterocycles. The minimum Gasteiger partial charge on any atom is -0.480 e. The highest BCUT2D eigenvalue weighted by Crippen LogP contribution is 2.50. The zero-order chi connectivity index (χ0) is 25.7. The number of nitrogens with zero attached hydrogens (tertiary/aromatic N) is 1. The lowest BCUT2D eigenvalue weighted by atomic mass is 9.79. The van der Waals surface area contributed by atoms with Crippen LogP contribution in [0.3, 0.4) is 0 Å². The van der Waals surface area contributed by atoms with Crippen molar-refractivity contribution in [2.75, 3.05) is 11.5 Å². The quantitative estimate of drug-likeness (QED) is 0.412. The summed E-state index contributed by atoms with van der Waals surface area (Å²) in [7, 11) is 0. The van der Waals surface area contributed by atoms with Crippen LogP contribution in [0.25, 0.3) is 0 Å². The van der Waals surface area contributed by atoms with Crippen molar-refractivity contribution in [3.05, 3.63) is 59.7 Å². The largest absolute Gasteiger partial charge is 0.573 e. The summed E-state index contributed by atoms with van der Waals surface area (Å²) >= 11 is 0. The van der Waals surface area contributed by atoms with Crippen LogP contribution in [-0.2, 0) is 14.4 Å². The molecule has 184 valence electrons. The van der Waals surface area contributed by atoms with Crippen LogP contribution >= 0.6 is 0 Å². The van der Waals surface area contributed by atoms with Crippen molar-refractivity contribution in [1.82, 2.24) is 5.32 Å². The molecular weight excluding hydrogens is 473 g/mol. The van der Waals surface area contributed by atoms with Gasteiger partial charge in [-0.15, -0.1) is 13.2 Å². The Morgan fingerprint density at radius 2 is 1.77 bits per heavy atom. The number of aliphatic hydroxyl groups is 1. The van der Waals surface area contributed by atoms with Gasteiger partial charge in [-0.25, -0.2) is 4.90 Å². The second-order valence-electron chi connectivity index (χ2n) is 8.30. The lowest BCUT2D eigenvalue weighted by Gasteiger charge is -2.29. The molecule has 4 unspecified atom stereocenters. The summed E-state index contributed by atoms with van der Waals surface area (Å²) in [6, 6.07) is 8.89. The van der Waals surface area contributed by atoms with E-state index in [1.54, 1.807) is 0 Å². The molecule has 2 aliphatic rings. The minimum absolute atomic E-state index is 0.0632. The van der Waals surface area contributed by atoms with E-state index in [-0.39, 0.29) is 17.0 Å². The number of aliphatic carboxylic acids is 1. The molecule has 12 heteroatoms. The molecule has 3 N–H and O–H groups in total. The highest BCUT2D eigenvalue weighted by atomic mass is 19.4. The van der Waals surface area contributed by atoms with Crippen molar-refractivity contribution in [2.24, 2.45) is 11.8 Å². The number of amides is 2. The summed E-state index contributed by atoms with van der Waals surface area (Å²) in [6.07, 6.45) is -4.98. The van der Waals surface area contributed by atoms with E-state index >= 15 is 0 Å². The highest BCUT2D eigenvalue weighted by Gasteiger charge is 2.68. The number of ketones is 1. The van der Waals surface area contributed by atoms with Crippen LogP contribution in [0.4, 0.5) is 18.9 Å². The third kappa shape index (κ3) is 4.04. The van der Waals surface area contributed by atoms with E-state index < -0.39 is 59.9 Å². The van der Waals surface area contributed by atoms with Crippen molar-refractivity contribution in [3.8, 4) is 5.75 Å². The lowest BCUT2D eigenvalue weighted by molar-refractivity contribution is -0.274. The van der Waals surface area contributed by atoms with Gasteiger partial charge >= 0.3 is 12.3 Å². The number of ether oxygens (including phenoxy) is 1. The van der Waals surface area contributed by atoms with Crippen LogP contribution < -0.4 is 15.0 Å². The van der Waals surface area contributed by atoms with Gasteiger partial charge in [0.1, 0.15) is 5.75 Å². The summed E-state index contributed by atoms with van der Waals surface area (Å²) in [6.45, 7) is 0.274. The number of carbonyl (C=O) groups excluding carboxylic acids is 3. The smallest absolute Gasteiger partial charge is 0.480 e. The van der Waals surface area contributed by atoms with E-state index in [0.717, 1.165) is 17.0 Å². The number of hydrogen-bond donors (Lipinski definition) is 3. The Balaban J connectivity index is 1.79. The van der Waals surface area contributed by atoms with Crippen molar-refractivity contribution >= 4 is 29.3 Å². The number of benzene rings is 2. The fourth-order valence-corrected chi connectivity index (χ4v) is 4.70. The number of alkyl halides is 3. The van der Waals surface area contributed by atoms with Gasteiger partial charge in [-0.1, -0.05) is 12.1 Å². The number of aliphatic hydroxyl groups excluding tert-OH is 1. The summed E-state index contributed by atoms with van der Waals surface area (Å²) in [4.78, 5) is 51.4. The molecule has 2 aromatic rings. The average Bonchev–Trinajstić information content (AvgIpc) is 3.27. The van der Waals surface area contributed by atoms with E-state index in [2.05, 4.69) is 10.1 Å². The number of imide groups is 1. The molecule has 2 saturated heterocycles. The molecule has 2 fully saturated rings. The third-order valence-corrected chi connectivity index (χ3v) is 6.27. The fraction of sp³-hybridized carbons (Fsp3) is 0.304. The molecule has 0 spiro atoms. The Labute approximate surface area is 196 Å². The van der Waals surface area contributed by atoms with E-state index in [1.807, 2.05) is 0 Å². The zero-order valence-corrected chi connectivity index (χ0v) is 18.1. The molecule has 4 rings (SSSR count). The summed E-state index contributed by atoms with van der Waals surface area (Å²) in [5, 5.41) is 22.6. The van der Waals surface area contributed by atoms with Gasteiger partial charge in [0, 0.05) is 11.6 Å². The predicted octanol–water partition coefficient (Wildman–Crippen LogP) is 2.05. The van der Waals surface area contributed by atoms with Crippen LogP contribution in [0, 0.1) is 11.8 Å². The van der Waals surface area contributed by atoms with Crippen molar-refractivity contribution in [1.29, 1.82) is 0 Å². The number of hydrogen-bond acceptors (Lipinski definition) is 7. The summed E-state index contributed by atoms with van der Waals surface area (Å²) in [5.74, 6) is -7.05. The number of carboxylic acid groups (broad SMARTS) is 1. The maximum Gasteiger partial charge on any atom is 0.573 e. The average molecular weight is 492 g/mol. The van der Waals surface area contributed by atoms with Crippen molar-refractivity contribution in [3.63, 3.8) is 0 Å². The molecule has 4 atom stereocenters. The Kier molecular flexibility index (Phi) is 5.89. The van der Waals surface area contributed by atoms with Crippen LogP contribution in [0.1, 0.15) is 28.9 Å². The number of Topliss-reactive ketones (excluding diaryl/α,β-unsaturated/α-hetero) is 1. The van der Waals surface area contributed by atoms with Gasteiger partial charge in [-0.3, -0.25) is 24.5 Å². The van der Waals surface area contributed by atoms with E-state index in [1.165, 1.54) is 43.3 Å². The number of carbonyl (C=O) groups is 4. The number of carboxylic acids is 1. The first kappa shape index (κ1) is 24.4. The Morgan fingerprint density at radius 1 is 1.11 bits per heavy atom. The Hall–Kier alpha value is -3.77. The Bertz CT molecular complexity index is 1210. The molecule has 2 aromatic carbocycles. The normalized spacial score (nSPS) is 26.1. The van der Waals surface area contributed by atoms with Crippen LogP contribution in [0.5, 0.6) is 5.75 Å². The van der Waals surface area contributed by atoms with Crippen LogP contribution in [-0.4, -0.2) is 52.3 Å². The summed E-state index contributed by atoms with van der Waals surface area (Å²) < 4.78 is 42.0. The van der Waals surface area contributed by atoms with Gasteiger partial charge < -0.3 is 14.9 Å². The number of fused-ring (bicyclic) bond motifs is 1. The van der Waals surface area contributed by atoms with Crippen molar-refractivity contribution in [2.45, 2.75) is 24.9 Å². The molecule has 2 amide bonds. The van der Waals surface area contributed by atoms with Gasteiger partial charge in [-0.2, -0.15) is 0 Å². The SMILES string of the molecule is CC(=O)c1ccc(N2C(=O)C3C(c4cccc(OC(F)(F)F)c4)NC(CO)(C(=O)O)C3C2=O)cc1. The molecular formula is C23H19F3N2O7. The second kappa shape index (κ2) is 8.47. The molecule has 2 heterocycles. The number of nitrogens with one attached hydrogen (secondary N) is 1. The minimum atomic E-state index is -4.98. The van der Waals surface area contributed by atoms with Crippen molar-refractivity contribution < 1.29 is 47.3 Å². The van der Waals surface area contributed by atoms with Crippen LogP contribution in [0.15, 0.2) is 48.5 Å². The molecule has 0 aliphatic carbocycles. The molecule has 0 saturated carbocycles. The second-order valence-corrected chi connectivity index (χ2v) is 8.30. The molecule has 35 heavy (non-hydrogen) atoms. The number of halogens is 3. The standard InChI is InChI=1S/C23H19F3N2O7/c1-11(30)12-5-7-14(8-6-12)28-19(31)16-17(20(28)32)22(10-29,21(33)34)27-18(16)13-3-2-4-15(9-13)35-23(24,25)26/h2-9,16-18,27,29H,10H2,1H3,(H,33,34). The topological polar surface area (TPSA) is 133 Å². The molecule has 0 bridgehead atoms. The summed E-state index contributed by atoms with van der Waals surface area (Å²) in [5.41, 5.74) is -1.79. The first-order chi connectivity index (χ1) is 16.4. The monoisotopic (exact) mass is 492 g/mol. The third-order valence-electron chi connectivity index (χ3n) is 6.27. The number of rotatable bonds is 6. The van der Waals surface area contributed by atoms with Gasteiger partial charge in [0.05, 0.1) is 24.1 Å². The van der Waals surface area contributed by atoms with Gasteiger partial charge in [0.2, 0.25) is 11.8 Å². The van der Waals surface area contributed by atoms with E-state index in [9.17, 15) is 42.6 Å². The van der Waals surface area contributed by atoms with E-state index in [0.29, 0.717) is 5.56 Å².